The Hall–Kier alpha value is -2.17. The number of carbonyl (C=O) groups excluding carboxylic acids is 4. The van der Waals surface area contributed by atoms with Crippen LogP contribution in [0.2, 0.25) is 36.3 Å². The molecule has 0 aliphatic rings. The number of rotatable bonds is 16. The first kappa shape index (κ1) is 48.8. The van der Waals surface area contributed by atoms with Gasteiger partial charge >= 0.3 is 24.1 Å². The van der Waals surface area contributed by atoms with E-state index in [4.69, 9.17) is 27.8 Å². The van der Waals surface area contributed by atoms with Gasteiger partial charge in [-0.05, 0) is 106 Å². The zero-order chi connectivity index (χ0) is 40.6. The van der Waals surface area contributed by atoms with Crippen LogP contribution in [0, 0.1) is 0 Å². The Labute approximate surface area is 312 Å². The fourth-order valence-electron chi connectivity index (χ4n) is 4.06. The summed E-state index contributed by atoms with van der Waals surface area (Å²) in [7, 11) is -4.19. The quantitative estimate of drug-likeness (QED) is 0.0653. The average molecular weight is 763 g/mol. The maximum Gasteiger partial charge on any atom is 0.410 e. The molecule has 51 heavy (non-hydrogen) atoms. The molecule has 0 saturated heterocycles. The second-order valence-electron chi connectivity index (χ2n) is 18.9. The lowest BCUT2D eigenvalue weighted by atomic mass is 10.2. The Morgan fingerprint density at radius 1 is 0.529 bits per heavy atom. The van der Waals surface area contributed by atoms with Gasteiger partial charge in [-0.3, -0.25) is 19.4 Å². The smallest absolute Gasteiger partial charge is 0.410 e. The van der Waals surface area contributed by atoms with Gasteiger partial charge in [0.15, 0.2) is 16.6 Å². The minimum absolute atomic E-state index is 0.0102. The summed E-state index contributed by atoms with van der Waals surface area (Å²) in [6, 6.07) is -0.743. The molecule has 0 aliphatic heterocycles. The highest BCUT2D eigenvalue weighted by Gasteiger charge is 2.40. The van der Waals surface area contributed by atoms with E-state index in [1.165, 1.54) is 9.80 Å². The summed E-state index contributed by atoms with van der Waals surface area (Å²) in [5.41, 5.74) is -1.46. The zero-order valence-electron chi connectivity index (χ0n) is 35.8. The lowest BCUT2D eigenvalue weighted by Crippen LogP contribution is -2.50. The topological polar surface area (TPSA) is 130 Å². The van der Waals surface area contributed by atoms with Crippen LogP contribution in [0.1, 0.15) is 117 Å². The van der Waals surface area contributed by atoms with Crippen molar-refractivity contribution in [1.82, 2.24) is 9.80 Å². The molecule has 300 valence electrons. The summed E-state index contributed by atoms with van der Waals surface area (Å²) in [6.07, 6.45) is -3.25. The van der Waals surface area contributed by atoms with Crippen LogP contribution in [0.15, 0.2) is 0 Å². The number of carbonyl (C=O) groups is 4. The maximum atomic E-state index is 13.2. The molecule has 0 aromatic rings. The van der Waals surface area contributed by atoms with Gasteiger partial charge < -0.3 is 27.8 Å². The minimum atomic E-state index is -2.10. The number of nitrogens with zero attached hydrogens (tertiary/aromatic N) is 2. The Bertz CT molecular complexity index is 1060. The molecule has 2 amide bonds. The van der Waals surface area contributed by atoms with E-state index >= 15 is 0 Å². The minimum Gasteiger partial charge on any atom is -0.460 e. The first-order chi connectivity index (χ1) is 22.6. The van der Waals surface area contributed by atoms with Crippen molar-refractivity contribution < 1.29 is 47.0 Å². The van der Waals surface area contributed by atoms with Crippen LogP contribution in [0.5, 0.6) is 0 Å². The van der Waals surface area contributed by atoms with E-state index < -0.39 is 70.6 Å². The van der Waals surface area contributed by atoms with E-state index in [9.17, 15) is 19.2 Å². The molecule has 14 heteroatoms. The van der Waals surface area contributed by atoms with Gasteiger partial charge in [-0.2, -0.15) is 0 Å². The third-order valence-corrected chi connectivity index (χ3v) is 18.2. The molecule has 0 aromatic carbocycles. The van der Waals surface area contributed by atoms with E-state index in [0.29, 0.717) is 13.2 Å². The van der Waals surface area contributed by atoms with Crippen LogP contribution in [-0.4, -0.2) is 112 Å². The number of ether oxygens (including phenoxy) is 4. The molecule has 12 nitrogen and oxygen atoms in total. The van der Waals surface area contributed by atoms with E-state index in [2.05, 4.69) is 67.7 Å². The van der Waals surface area contributed by atoms with Gasteiger partial charge in [-0.15, -0.1) is 0 Å². The Balaban J connectivity index is 5.57. The predicted octanol–water partition coefficient (Wildman–Crippen LogP) is 8.53. The monoisotopic (exact) mass is 762 g/mol. The van der Waals surface area contributed by atoms with Gasteiger partial charge in [-0.1, -0.05) is 41.5 Å². The van der Waals surface area contributed by atoms with Crippen molar-refractivity contribution in [3.8, 4) is 0 Å². The van der Waals surface area contributed by atoms with Crippen molar-refractivity contribution >= 4 is 40.8 Å². The molecule has 0 rings (SSSR count). The fraction of sp³-hybridized carbons (Fsp3) is 0.892. The van der Waals surface area contributed by atoms with Gasteiger partial charge in [-0.25, -0.2) is 9.59 Å². The number of hydrogen-bond acceptors (Lipinski definition) is 10. The molecule has 0 radical (unpaired) electrons. The van der Waals surface area contributed by atoms with Gasteiger partial charge in [0, 0.05) is 0 Å². The normalized spacial score (nSPS) is 15.6. The lowest BCUT2D eigenvalue weighted by molar-refractivity contribution is -0.160. The molecule has 0 N–H and O–H groups in total. The number of hydrogen-bond donors (Lipinski definition) is 0. The average Bonchev–Trinajstić information content (AvgIpc) is 2.88. The molecule has 0 fully saturated rings. The number of amides is 2. The number of esters is 2. The Morgan fingerprint density at radius 3 is 1.04 bits per heavy atom. The van der Waals surface area contributed by atoms with Crippen molar-refractivity contribution in [3.05, 3.63) is 0 Å². The highest BCUT2D eigenvalue weighted by atomic mass is 28.4. The summed E-state index contributed by atoms with van der Waals surface area (Å²) in [5, 5.41) is -0.0203. The molecule has 0 spiro atoms. The van der Waals surface area contributed by atoms with Gasteiger partial charge in [0.05, 0.1) is 38.4 Å². The lowest BCUT2D eigenvalue weighted by Gasteiger charge is -2.39. The first-order valence-corrected chi connectivity index (χ1v) is 24.1. The molecule has 0 aliphatic carbocycles. The van der Waals surface area contributed by atoms with Gasteiger partial charge in [0.25, 0.3) is 0 Å². The SMILES string of the molecule is CC(CO[Si](C)(C)C(C)(C)C)N(C[C@H](C)OC(=O)CC(=O)O[C@@H](C)CN(C(=O)OC(C)(C)C)C(C)CO[Si](C)(C)C(C)(C)C)C(=O)OC(C)(C)C. The summed E-state index contributed by atoms with van der Waals surface area (Å²) in [6.45, 7) is 39.8. The van der Waals surface area contributed by atoms with E-state index in [1.54, 1.807) is 55.4 Å². The van der Waals surface area contributed by atoms with Crippen molar-refractivity contribution in [1.29, 1.82) is 0 Å². The van der Waals surface area contributed by atoms with Crippen LogP contribution in [-0.2, 0) is 37.4 Å². The van der Waals surface area contributed by atoms with Crippen LogP contribution in [0.25, 0.3) is 0 Å². The first-order valence-electron chi connectivity index (χ1n) is 18.2. The molecule has 2 unspecified atom stereocenters. The standard InChI is InChI=1S/C37H74N2O10Si2/c1-26(24-44-50(17,18)36(11,12)13)38(32(42)48-34(5,6)7)22-28(3)46-30(40)21-31(41)47-29(4)23-39(33(43)49-35(8,9)10)27(2)25-45-51(19,20)37(14,15)16/h26-29H,21-25H2,1-20H3/t26?,27?,28-,29-/m0/s1. The summed E-state index contributed by atoms with van der Waals surface area (Å²) in [4.78, 5) is 55.2. The maximum absolute atomic E-state index is 13.2. The third-order valence-electron chi connectivity index (χ3n) is 9.16. The van der Waals surface area contributed by atoms with Crippen LogP contribution in [0.3, 0.4) is 0 Å². The second kappa shape index (κ2) is 18.7. The van der Waals surface area contributed by atoms with Crippen molar-refractivity contribution in [3.63, 3.8) is 0 Å². The van der Waals surface area contributed by atoms with E-state index in [0.717, 1.165) is 0 Å². The van der Waals surface area contributed by atoms with Crippen LogP contribution in [0.4, 0.5) is 9.59 Å². The van der Waals surface area contributed by atoms with Crippen molar-refractivity contribution in [2.75, 3.05) is 26.3 Å². The molecular formula is C37H74N2O10Si2. The molecule has 4 atom stereocenters. The summed E-state index contributed by atoms with van der Waals surface area (Å²) < 4.78 is 35.2. The van der Waals surface area contributed by atoms with Crippen LogP contribution < -0.4 is 0 Å². The highest BCUT2D eigenvalue weighted by Crippen LogP contribution is 2.37. The summed E-state index contributed by atoms with van der Waals surface area (Å²) in [5.74, 6) is -1.59. The molecular weight excluding hydrogens is 689 g/mol. The molecule has 0 heterocycles. The van der Waals surface area contributed by atoms with Gasteiger partial charge in [0.1, 0.15) is 29.8 Å². The fourth-order valence-corrected chi connectivity index (χ4v) is 6.24. The zero-order valence-corrected chi connectivity index (χ0v) is 37.8. The second-order valence-corrected chi connectivity index (χ2v) is 28.5. The predicted molar refractivity (Wildman–Crippen MR) is 207 cm³/mol. The highest BCUT2D eigenvalue weighted by molar-refractivity contribution is 6.74. The van der Waals surface area contributed by atoms with E-state index in [-0.39, 0.29) is 35.2 Å². The Morgan fingerprint density at radius 2 is 0.804 bits per heavy atom. The van der Waals surface area contributed by atoms with Gasteiger partial charge in [0.2, 0.25) is 0 Å². The molecule has 0 bridgehead atoms. The largest absolute Gasteiger partial charge is 0.460 e. The molecule has 0 saturated carbocycles. The third kappa shape index (κ3) is 18.4. The van der Waals surface area contributed by atoms with Crippen molar-refractivity contribution in [2.24, 2.45) is 0 Å². The Kier molecular flexibility index (Phi) is 17.9. The van der Waals surface area contributed by atoms with Crippen molar-refractivity contribution in [2.45, 2.75) is 189 Å². The van der Waals surface area contributed by atoms with E-state index in [1.807, 2.05) is 13.8 Å². The van der Waals surface area contributed by atoms with Crippen LogP contribution >= 0.6 is 0 Å². The molecule has 0 aromatic heterocycles. The summed E-state index contributed by atoms with van der Waals surface area (Å²) >= 11 is 0.